The molecule has 1 heterocycles. The highest BCUT2D eigenvalue weighted by Crippen LogP contribution is 2.26. The van der Waals surface area contributed by atoms with E-state index in [-0.39, 0.29) is 11.7 Å². The summed E-state index contributed by atoms with van der Waals surface area (Å²) in [6.07, 6.45) is 1.05. The lowest BCUT2D eigenvalue weighted by Gasteiger charge is -2.23. The number of hydrogen-bond acceptors (Lipinski definition) is 3. The molecule has 1 aliphatic heterocycles. The van der Waals surface area contributed by atoms with Crippen LogP contribution in [-0.2, 0) is 0 Å². The smallest absolute Gasteiger partial charge is 0.254 e. The third-order valence-electron chi connectivity index (χ3n) is 2.97. The second-order valence-corrected chi connectivity index (χ2v) is 6.10. The molecule has 0 saturated carbocycles. The van der Waals surface area contributed by atoms with Crippen molar-refractivity contribution in [3.05, 3.63) is 28.2 Å². The van der Waals surface area contributed by atoms with E-state index in [2.05, 4.69) is 15.9 Å². The van der Waals surface area contributed by atoms with Crippen LogP contribution in [-0.4, -0.2) is 40.5 Å². The van der Waals surface area contributed by atoms with E-state index in [0.717, 1.165) is 17.9 Å². The van der Waals surface area contributed by atoms with Crippen molar-refractivity contribution in [2.24, 2.45) is 0 Å². The molecule has 17 heavy (non-hydrogen) atoms. The molecule has 1 amide bonds. The van der Waals surface area contributed by atoms with Crippen molar-refractivity contribution in [2.45, 2.75) is 12.5 Å². The maximum Gasteiger partial charge on any atom is 0.254 e. The monoisotopic (exact) mass is 315 g/mol. The molecule has 0 spiro atoms. The van der Waals surface area contributed by atoms with Crippen molar-refractivity contribution in [3.8, 4) is 5.75 Å². The van der Waals surface area contributed by atoms with Crippen LogP contribution in [0.4, 0.5) is 0 Å². The summed E-state index contributed by atoms with van der Waals surface area (Å²) in [5.41, 5.74) is 0.532. The van der Waals surface area contributed by atoms with E-state index in [1.165, 1.54) is 6.07 Å². The van der Waals surface area contributed by atoms with Gasteiger partial charge in [-0.2, -0.15) is 11.8 Å². The molecule has 1 unspecified atom stereocenters. The van der Waals surface area contributed by atoms with Gasteiger partial charge in [0.1, 0.15) is 5.75 Å². The van der Waals surface area contributed by atoms with Gasteiger partial charge in [-0.15, -0.1) is 0 Å². The lowest BCUT2D eigenvalue weighted by Crippen LogP contribution is -2.36. The topological polar surface area (TPSA) is 40.5 Å². The molecule has 3 nitrogen and oxygen atoms in total. The van der Waals surface area contributed by atoms with Gasteiger partial charge < -0.3 is 10.0 Å². The zero-order valence-corrected chi connectivity index (χ0v) is 11.9. The molecule has 1 fully saturated rings. The molecular weight excluding hydrogens is 302 g/mol. The van der Waals surface area contributed by atoms with Crippen molar-refractivity contribution in [3.63, 3.8) is 0 Å². The fraction of sp³-hybridized carbons (Fsp3) is 0.417. The standard InChI is InChI=1S/C12H14BrNO2S/c1-14(9-4-5-17-7-9)12(16)8-2-3-10(13)11(15)6-8/h2-3,6,9,15H,4-5,7H2,1H3. The van der Waals surface area contributed by atoms with Gasteiger partial charge in [-0.1, -0.05) is 0 Å². The Balaban J connectivity index is 2.15. The number of rotatable bonds is 2. The maximum absolute atomic E-state index is 12.2. The van der Waals surface area contributed by atoms with Crippen molar-refractivity contribution in [1.29, 1.82) is 0 Å². The SMILES string of the molecule is CN(C(=O)c1ccc(Br)c(O)c1)C1CCSC1. The summed E-state index contributed by atoms with van der Waals surface area (Å²) in [5, 5.41) is 9.57. The first-order valence-corrected chi connectivity index (χ1v) is 7.38. The molecule has 0 radical (unpaired) electrons. The lowest BCUT2D eigenvalue weighted by atomic mass is 10.1. The Morgan fingerprint density at radius 1 is 1.59 bits per heavy atom. The van der Waals surface area contributed by atoms with E-state index in [0.29, 0.717) is 16.1 Å². The number of carbonyl (C=O) groups excluding carboxylic acids is 1. The zero-order chi connectivity index (χ0) is 12.4. The number of aromatic hydroxyl groups is 1. The molecule has 1 atom stereocenters. The van der Waals surface area contributed by atoms with Crippen LogP contribution in [0.5, 0.6) is 5.75 Å². The molecule has 0 aliphatic carbocycles. The van der Waals surface area contributed by atoms with Crippen molar-refractivity contribution >= 4 is 33.6 Å². The number of phenolic OH excluding ortho intramolecular Hbond substituents is 1. The van der Waals surface area contributed by atoms with Crippen molar-refractivity contribution < 1.29 is 9.90 Å². The number of hydrogen-bond donors (Lipinski definition) is 1. The number of halogens is 1. The normalized spacial score (nSPS) is 19.3. The minimum absolute atomic E-state index is 0.0275. The molecule has 0 aromatic heterocycles. The quantitative estimate of drug-likeness (QED) is 0.912. The first-order valence-electron chi connectivity index (χ1n) is 5.43. The van der Waals surface area contributed by atoms with Gasteiger partial charge in [-0.05, 0) is 46.3 Å². The Hall–Kier alpha value is -0.680. The summed E-state index contributed by atoms with van der Waals surface area (Å²) < 4.78 is 0.605. The summed E-state index contributed by atoms with van der Waals surface area (Å²) in [7, 11) is 1.83. The summed E-state index contributed by atoms with van der Waals surface area (Å²) in [6.45, 7) is 0. The molecule has 92 valence electrons. The van der Waals surface area contributed by atoms with Crippen LogP contribution in [0.1, 0.15) is 16.8 Å². The fourth-order valence-electron chi connectivity index (χ4n) is 1.84. The van der Waals surface area contributed by atoms with E-state index < -0.39 is 0 Å². The Kier molecular flexibility index (Phi) is 3.99. The number of carbonyl (C=O) groups is 1. The molecule has 5 heteroatoms. The first-order chi connectivity index (χ1) is 8.09. The number of amides is 1. The molecule has 0 bridgehead atoms. The third-order valence-corrected chi connectivity index (χ3v) is 4.78. The van der Waals surface area contributed by atoms with Gasteiger partial charge in [0.25, 0.3) is 5.91 Å². The molecule has 2 rings (SSSR count). The molecule has 1 saturated heterocycles. The third kappa shape index (κ3) is 2.77. The largest absolute Gasteiger partial charge is 0.507 e. The van der Waals surface area contributed by atoms with Crippen LogP contribution in [0.25, 0.3) is 0 Å². The molecular formula is C12H14BrNO2S. The van der Waals surface area contributed by atoms with Crippen LogP contribution < -0.4 is 0 Å². The number of phenols is 1. The predicted molar refractivity (Wildman–Crippen MR) is 73.6 cm³/mol. The zero-order valence-electron chi connectivity index (χ0n) is 9.52. The number of nitrogens with zero attached hydrogens (tertiary/aromatic N) is 1. The van der Waals surface area contributed by atoms with E-state index in [9.17, 15) is 9.90 Å². The van der Waals surface area contributed by atoms with Crippen LogP contribution in [0.3, 0.4) is 0 Å². The Morgan fingerprint density at radius 3 is 2.94 bits per heavy atom. The van der Waals surface area contributed by atoms with Crippen LogP contribution in [0.15, 0.2) is 22.7 Å². The van der Waals surface area contributed by atoms with E-state index in [1.54, 1.807) is 17.0 Å². The van der Waals surface area contributed by atoms with Gasteiger partial charge in [0.2, 0.25) is 0 Å². The second kappa shape index (κ2) is 5.31. The molecule has 1 aromatic rings. The van der Waals surface area contributed by atoms with Crippen LogP contribution in [0.2, 0.25) is 0 Å². The molecule has 1 aliphatic rings. The summed E-state index contributed by atoms with van der Waals surface area (Å²) in [4.78, 5) is 14.0. The highest BCUT2D eigenvalue weighted by molar-refractivity contribution is 9.10. The predicted octanol–water partition coefficient (Wildman–Crippen LogP) is 2.73. The Bertz CT molecular complexity index is 433. The second-order valence-electron chi connectivity index (χ2n) is 4.10. The number of benzene rings is 1. The van der Waals surface area contributed by atoms with E-state index in [4.69, 9.17) is 0 Å². The Morgan fingerprint density at radius 2 is 2.35 bits per heavy atom. The average molecular weight is 316 g/mol. The summed E-state index contributed by atoms with van der Waals surface area (Å²) in [6, 6.07) is 5.24. The summed E-state index contributed by atoms with van der Waals surface area (Å²) >= 11 is 5.08. The Labute approximate surface area is 113 Å². The van der Waals surface area contributed by atoms with Crippen molar-refractivity contribution in [1.82, 2.24) is 4.90 Å². The minimum Gasteiger partial charge on any atom is -0.507 e. The fourth-order valence-corrected chi connectivity index (χ4v) is 3.36. The van der Waals surface area contributed by atoms with E-state index in [1.807, 2.05) is 18.8 Å². The lowest BCUT2D eigenvalue weighted by molar-refractivity contribution is 0.0747. The number of thioether (sulfide) groups is 1. The van der Waals surface area contributed by atoms with Gasteiger partial charge in [-0.25, -0.2) is 0 Å². The molecule has 1 N–H and O–H groups in total. The van der Waals surface area contributed by atoms with E-state index >= 15 is 0 Å². The van der Waals surface area contributed by atoms with Gasteiger partial charge in [0.05, 0.1) is 4.47 Å². The first kappa shape index (κ1) is 12.8. The maximum atomic E-state index is 12.2. The minimum atomic E-state index is -0.0275. The average Bonchev–Trinajstić information content (AvgIpc) is 2.84. The van der Waals surface area contributed by atoms with Crippen molar-refractivity contribution in [2.75, 3.05) is 18.6 Å². The van der Waals surface area contributed by atoms with Gasteiger partial charge in [0.15, 0.2) is 0 Å². The highest BCUT2D eigenvalue weighted by atomic mass is 79.9. The van der Waals surface area contributed by atoms with Gasteiger partial charge in [-0.3, -0.25) is 4.79 Å². The van der Waals surface area contributed by atoms with Gasteiger partial charge in [0, 0.05) is 24.4 Å². The summed E-state index contributed by atoms with van der Waals surface area (Å²) in [5.74, 6) is 2.20. The van der Waals surface area contributed by atoms with Crippen LogP contribution in [0, 0.1) is 0 Å². The molecule has 1 aromatic carbocycles. The highest BCUT2D eigenvalue weighted by Gasteiger charge is 2.24. The van der Waals surface area contributed by atoms with Crippen LogP contribution >= 0.6 is 27.7 Å². The van der Waals surface area contributed by atoms with Gasteiger partial charge >= 0.3 is 0 Å².